The van der Waals surface area contributed by atoms with Crippen molar-refractivity contribution in [2.75, 3.05) is 26.2 Å². The Labute approximate surface area is 160 Å². The lowest BCUT2D eigenvalue weighted by molar-refractivity contribution is -0.147. The van der Waals surface area contributed by atoms with Gasteiger partial charge in [0, 0.05) is 12.6 Å². The Hall–Kier alpha value is -2.18. The van der Waals surface area contributed by atoms with Gasteiger partial charge in [-0.3, -0.25) is 4.79 Å². The number of ether oxygens (including phenoxy) is 1. The number of hydrogen-bond donors (Lipinski definition) is 0. The second kappa shape index (κ2) is 10.7. The molecule has 0 N–H and O–H groups in total. The summed E-state index contributed by atoms with van der Waals surface area (Å²) in [6.07, 6.45) is 0. The van der Waals surface area contributed by atoms with E-state index in [1.165, 1.54) is 10.7 Å². The maximum Gasteiger partial charge on any atom is 0.335 e. The monoisotopic (exact) mass is 379 g/mol. The first-order valence-corrected chi connectivity index (χ1v) is 8.57. The molecule has 6 nitrogen and oxygen atoms in total. The Morgan fingerprint density at radius 2 is 1.81 bits per heavy atom. The smallest absolute Gasteiger partial charge is 0.335 e. The van der Waals surface area contributed by atoms with Crippen molar-refractivity contribution < 1.29 is 9.53 Å². The molecule has 1 aromatic carbocycles. The molecule has 1 aromatic heterocycles. The van der Waals surface area contributed by atoms with Crippen molar-refractivity contribution in [1.82, 2.24) is 14.7 Å². The number of carbonyl (C=O) groups excluding carboxylic acids is 1. The van der Waals surface area contributed by atoms with Crippen molar-refractivity contribution in [2.45, 2.75) is 26.8 Å². The molecule has 0 aliphatic rings. The highest BCUT2D eigenvalue weighted by Crippen LogP contribution is 2.17. The quantitative estimate of drug-likeness (QED) is 0.659. The van der Waals surface area contributed by atoms with E-state index in [2.05, 4.69) is 23.8 Å². The molecule has 0 fully saturated rings. The number of carbonyl (C=O) groups is 1. The van der Waals surface area contributed by atoms with Gasteiger partial charge in [0.25, 0.3) is 5.56 Å². The maximum absolute atomic E-state index is 12.7. The van der Waals surface area contributed by atoms with E-state index < -0.39 is 12.0 Å². The molecule has 142 valence electrons. The molecule has 1 unspecified atom stereocenters. The lowest BCUT2D eigenvalue weighted by Gasteiger charge is -2.21. The van der Waals surface area contributed by atoms with Crippen LogP contribution in [0.3, 0.4) is 0 Å². The molecule has 1 atom stereocenters. The molecule has 0 spiro atoms. The predicted octanol–water partition coefficient (Wildman–Crippen LogP) is 2.45. The van der Waals surface area contributed by atoms with Crippen LogP contribution in [0.4, 0.5) is 0 Å². The minimum Gasteiger partial charge on any atom is -0.462 e. The number of halogens is 1. The van der Waals surface area contributed by atoms with Gasteiger partial charge in [0.15, 0.2) is 6.04 Å². The van der Waals surface area contributed by atoms with E-state index in [0.29, 0.717) is 17.8 Å². The topological polar surface area (TPSA) is 64.4 Å². The highest BCUT2D eigenvalue weighted by molar-refractivity contribution is 5.85. The van der Waals surface area contributed by atoms with E-state index in [1.807, 2.05) is 18.2 Å². The fourth-order valence-corrected chi connectivity index (χ4v) is 2.61. The summed E-state index contributed by atoms with van der Waals surface area (Å²) >= 11 is 0. The zero-order valence-electron chi connectivity index (χ0n) is 15.4. The second-order valence-corrected chi connectivity index (χ2v) is 5.77. The van der Waals surface area contributed by atoms with Gasteiger partial charge in [-0.2, -0.15) is 5.10 Å². The van der Waals surface area contributed by atoms with E-state index in [9.17, 15) is 9.59 Å². The van der Waals surface area contributed by atoms with Crippen molar-refractivity contribution in [3.63, 3.8) is 0 Å². The van der Waals surface area contributed by atoms with Crippen LogP contribution in [0.5, 0.6) is 0 Å². The Morgan fingerprint density at radius 3 is 2.42 bits per heavy atom. The van der Waals surface area contributed by atoms with Crippen molar-refractivity contribution in [3.8, 4) is 0 Å². The summed E-state index contributed by atoms with van der Waals surface area (Å²) in [6, 6.07) is 11.3. The van der Waals surface area contributed by atoms with Gasteiger partial charge in [0.1, 0.15) is 6.61 Å². The van der Waals surface area contributed by atoms with E-state index in [-0.39, 0.29) is 24.6 Å². The molecule has 2 rings (SSSR count). The van der Waals surface area contributed by atoms with Gasteiger partial charge < -0.3 is 9.64 Å². The summed E-state index contributed by atoms with van der Waals surface area (Å²) in [4.78, 5) is 27.1. The minimum atomic E-state index is -0.884. The molecule has 7 heteroatoms. The highest BCUT2D eigenvalue weighted by atomic mass is 35.5. The second-order valence-electron chi connectivity index (χ2n) is 5.77. The van der Waals surface area contributed by atoms with Crippen LogP contribution >= 0.6 is 12.4 Å². The largest absolute Gasteiger partial charge is 0.462 e. The van der Waals surface area contributed by atoms with Crippen molar-refractivity contribution in [2.24, 2.45) is 0 Å². The lowest BCUT2D eigenvalue weighted by Crippen LogP contribution is -2.35. The molecular weight excluding hydrogens is 354 g/mol. The van der Waals surface area contributed by atoms with Crippen LogP contribution in [0, 0.1) is 6.92 Å². The molecule has 0 saturated heterocycles. The third-order valence-electron chi connectivity index (χ3n) is 4.09. The Kier molecular flexibility index (Phi) is 9.02. The summed E-state index contributed by atoms with van der Waals surface area (Å²) in [5, 5.41) is 4.24. The first kappa shape index (κ1) is 21.9. The fourth-order valence-electron chi connectivity index (χ4n) is 2.61. The number of benzene rings is 1. The van der Waals surface area contributed by atoms with Crippen LogP contribution in [-0.4, -0.2) is 46.9 Å². The van der Waals surface area contributed by atoms with Gasteiger partial charge in [0.2, 0.25) is 0 Å². The summed E-state index contributed by atoms with van der Waals surface area (Å²) in [7, 11) is 0. The third kappa shape index (κ3) is 5.68. The van der Waals surface area contributed by atoms with Crippen LogP contribution in [0.15, 0.2) is 47.3 Å². The van der Waals surface area contributed by atoms with Gasteiger partial charge >= 0.3 is 5.97 Å². The average molecular weight is 380 g/mol. The van der Waals surface area contributed by atoms with Gasteiger partial charge in [-0.15, -0.1) is 12.4 Å². The van der Waals surface area contributed by atoms with Crippen molar-refractivity contribution in [3.05, 3.63) is 64.1 Å². The Morgan fingerprint density at radius 1 is 1.15 bits per heavy atom. The van der Waals surface area contributed by atoms with E-state index in [1.54, 1.807) is 25.1 Å². The molecule has 0 radical (unpaired) electrons. The molecule has 1 heterocycles. The third-order valence-corrected chi connectivity index (χ3v) is 4.09. The minimum absolute atomic E-state index is 0. The Bertz CT molecular complexity index is 745. The Balaban J connectivity index is 0.00000338. The molecule has 0 bridgehead atoms. The van der Waals surface area contributed by atoms with Crippen LogP contribution in [0.1, 0.15) is 31.1 Å². The summed E-state index contributed by atoms with van der Waals surface area (Å²) in [5.41, 5.74) is 1.01. The summed E-state index contributed by atoms with van der Waals surface area (Å²) in [6.45, 7) is 8.65. The number of nitrogens with zero attached hydrogens (tertiary/aromatic N) is 3. The van der Waals surface area contributed by atoms with E-state index in [4.69, 9.17) is 4.74 Å². The molecule has 0 aliphatic carbocycles. The van der Waals surface area contributed by atoms with Gasteiger partial charge in [0.05, 0.1) is 5.69 Å². The van der Waals surface area contributed by atoms with Crippen molar-refractivity contribution in [1.29, 1.82) is 0 Å². The van der Waals surface area contributed by atoms with Crippen molar-refractivity contribution >= 4 is 18.4 Å². The number of aryl methyl sites for hydroxylation is 1. The highest BCUT2D eigenvalue weighted by Gasteiger charge is 2.26. The van der Waals surface area contributed by atoms with Crippen LogP contribution in [0.25, 0.3) is 0 Å². The summed E-state index contributed by atoms with van der Waals surface area (Å²) in [5.74, 6) is -0.474. The molecule has 0 aliphatic heterocycles. The molecule has 0 amide bonds. The van der Waals surface area contributed by atoms with Crippen LogP contribution in [0.2, 0.25) is 0 Å². The first-order valence-electron chi connectivity index (χ1n) is 8.57. The number of rotatable bonds is 8. The molecule has 0 saturated carbocycles. The number of esters is 1. The van der Waals surface area contributed by atoms with Crippen LogP contribution in [-0.2, 0) is 9.53 Å². The normalized spacial score (nSPS) is 11.7. The molecular formula is C19H26ClN3O3. The van der Waals surface area contributed by atoms with E-state index in [0.717, 1.165) is 13.1 Å². The maximum atomic E-state index is 12.7. The average Bonchev–Trinajstić information content (AvgIpc) is 2.63. The standard InChI is InChI=1S/C19H25N3O3.ClH/c1-4-21(5-2)13-14-25-19(24)18(16-9-7-6-8-10-16)22-17(23)12-11-15(3)20-22;/h6-12,18H,4-5,13-14H2,1-3H3;1H. The fraction of sp³-hybridized carbons (Fsp3) is 0.421. The number of hydrogen-bond acceptors (Lipinski definition) is 5. The summed E-state index contributed by atoms with van der Waals surface area (Å²) < 4.78 is 6.66. The predicted molar refractivity (Wildman–Crippen MR) is 104 cm³/mol. The zero-order chi connectivity index (χ0) is 18.2. The van der Waals surface area contributed by atoms with Gasteiger partial charge in [-0.05, 0) is 31.6 Å². The zero-order valence-corrected chi connectivity index (χ0v) is 16.2. The SMILES string of the molecule is CCN(CC)CCOC(=O)C(c1ccccc1)n1nc(C)ccc1=O.Cl. The first-order chi connectivity index (χ1) is 12.1. The van der Waals surface area contributed by atoms with Gasteiger partial charge in [-0.25, -0.2) is 9.48 Å². The lowest BCUT2D eigenvalue weighted by atomic mass is 10.1. The van der Waals surface area contributed by atoms with E-state index >= 15 is 0 Å². The number of aromatic nitrogens is 2. The molecule has 26 heavy (non-hydrogen) atoms. The molecule has 2 aromatic rings. The van der Waals surface area contributed by atoms with Crippen LogP contribution < -0.4 is 5.56 Å². The van der Waals surface area contributed by atoms with Gasteiger partial charge in [-0.1, -0.05) is 44.2 Å². The number of likely N-dealkylation sites (N-methyl/N-ethyl adjacent to an activating group) is 1.